The van der Waals surface area contributed by atoms with Gasteiger partial charge in [-0.1, -0.05) is 53.6 Å². The molecule has 0 fully saturated rings. The molecule has 0 bridgehead atoms. The lowest BCUT2D eigenvalue weighted by atomic mass is 10.0. The third kappa shape index (κ3) is 4.08. The molecule has 0 saturated heterocycles. The third-order valence-corrected chi connectivity index (χ3v) is 4.16. The van der Waals surface area contributed by atoms with Crippen LogP contribution in [0, 0.1) is 5.82 Å². The fourth-order valence-corrected chi connectivity index (χ4v) is 2.71. The first-order valence-corrected chi connectivity index (χ1v) is 8.71. The highest BCUT2D eigenvalue weighted by molar-refractivity contribution is 6.10. The van der Waals surface area contributed by atoms with Crippen LogP contribution in [0.4, 0.5) is 10.4 Å². The van der Waals surface area contributed by atoms with Gasteiger partial charge in [-0.3, -0.25) is 14.9 Å². The van der Waals surface area contributed by atoms with E-state index in [0.717, 1.165) is 0 Å². The summed E-state index contributed by atoms with van der Waals surface area (Å²) in [7, 11) is 0. The number of carbonyl (C=O) groups is 2. The molecule has 3 aromatic carbocycles. The Balaban J connectivity index is 1.46. The SMILES string of the molecule is O=C(Nc1nnc(-c2cccc(F)c2)o1)c1ccc(C(=O)c2ccccc2)cc1. The maximum absolute atomic E-state index is 13.3. The Kier molecular flexibility index (Phi) is 4.94. The van der Waals surface area contributed by atoms with Gasteiger partial charge in [-0.05, 0) is 30.3 Å². The average molecular weight is 387 g/mol. The number of nitrogens with one attached hydrogen (secondary N) is 1. The van der Waals surface area contributed by atoms with Crippen molar-refractivity contribution in [3.63, 3.8) is 0 Å². The van der Waals surface area contributed by atoms with Gasteiger partial charge in [0.2, 0.25) is 5.89 Å². The number of aromatic nitrogens is 2. The number of halogens is 1. The van der Waals surface area contributed by atoms with E-state index in [1.54, 1.807) is 42.5 Å². The Morgan fingerprint density at radius 2 is 1.48 bits per heavy atom. The van der Waals surface area contributed by atoms with Gasteiger partial charge in [0.15, 0.2) is 5.78 Å². The second kappa shape index (κ2) is 7.85. The lowest BCUT2D eigenvalue weighted by Crippen LogP contribution is -2.12. The number of anilines is 1. The summed E-state index contributed by atoms with van der Waals surface area (Å²) in [5.41, 5.74) is 1.77. The zero-order valence-corrected chi connectivity index (χ0v) is 15.0. The van der Waals surface area contributed by atoms with Crippen LogP contribution in [0.3, 0.4) is 0 Å². The Morgan fingerprint density at radius 1 is 0.793 bits per heavy atom. The molecule has 0 spiro atoms. The van der Waals surface area contributed by atoms with E-state index in [2.05, 4.69) is 15.5 Å². The predicted molar refractivity (Wildman–Crippen MR) is 104 cm³/mol. The van der Waals surface area contributed by atoms with Crippen LogP contribution in [0.5, 0.6) is 0 Å². The van der Waals surface area contributed by atoms with Crippen LogP contribution in [0.15, 0.2) is 83.3 Å². The molecule has 29 heavy (non-hydrogen) atoms. The largest absolute Gasteiger partial charge is 0.403 e. The summed E-state index contributed by atoms with van der Waals surface area (Å²) in [5.74, 6) is -0.952. The molecule has 4 rings (SSSR count). The molecule has 0 aliphatic heterocycles. The Morgan fingerprint density at radius 3 is 2.21 bits per heavy atom. The number of ketones is 1. The van der Waals surface area contributed by atoms with Crippen molar-refractivity contribution in [1.82, 2.24) is 10.2 Å². The average Bonchev–Trinajstić information content (AvgIpc) is 3.22. The van der Waals surface area contributed by atoms with Gasteiger partial charge in [-0.15, -0.1) is 5.10 Å². The van der Waals surface area contributed by atoms with E-state index in [1.165, 1.54) is 30.3 Å². The molecule has 0 unspecified atom stereocenters. The highest BCUT2D eigenvalue weighted by atomic mass is 19.1. The first-order valence-electron chi connectivity index (χ1n) is 8.71. The van der Waals surface area contributed by atoms with E-state index in [-0.39, 0.29) is 17.7 Å². The minimum atomic E-state index is -0.474. The van der Waals surface area contributed by atoms with Crippen molar-refractivity contribution >= 4 is 17.7 Å². The number of hydrogen-bond donors (Lipinski definition) is 1. The summed E-state index contributed by atoms with van der Waals surface area (Å²) < 4.78 is 18.7. The number of carbonyl (C=O) groups excluding carboxylic acids is 2. The second-order valence-electron chi connectivity index (χ2n) is 6.15. The number of hydrogen-bond acceptors (Lipinski definition) is 5. The molecule has 1 aromatic heterocycles. The summed E-state index contributed by atoms with van der Waals surface area (Å²) in [5, 5.41) is 10.0. The van der Waals surface area contributed by atoms with Gasteiger partial charge in [0.25, 0.3) is 5.91 Å². The molecule has 6 nitrogen and oxygen atoms in total. The second-order valence-corrected chi connectivity index (χ2v) is 6.15. The van der Waals surface area contributed by atoms with E-state index in [0.29, 0.717) is 22.3 Å². The number of rotatable bonds is 5. The zero-order chi connectivity index (χ0) is 20.2. The molecule has 1 amide bonds. The highest BCUT2D eigenvalue weighted by Gasteiger charge is 2.14. The van der Waals surface area contributed by atoms with Crippen molar-refractivity contribution < 1.29 is 18.4 Å². The lowest BCUT2D eigenvalue weighted by molar-refractivity contribution is 0.101. The van der Waals surface area contributed by atoms with Gasteiger partial charge < -0.3 is 4.42 Å². The van der Waals surface area contributed by atoms with Gasteiger partial charge in [0, 0.05) is 22.3 Å². The molecule has 0 aliphatic carbocycles. The van der Waals surface area contributed by atoms with Crippen LogP contribution in [0.25, 0.3) is 11.5 Å². The summed E-state index contributed by atoms with van der Waals surface area (Å²) in [6.45, 7) is 0. The summed E-state index contributed by atoms with van der Waals surface area (Å²) in [4.78, 5) is 24.8. The van der Waals surface area contributed by atoms with Crippen LogP contribution >= 0.6 is 0 Å². The quantitative estimate of drug-likeness (QED) is 0.514. The molecule has 0 aliphatic rings. The van der Waals surface area contributed by atoms with Crippen molar-refractivity contribution in [1.29, 1.82) is 0 Å². The standard InChI is InChI=1S/C22H14FN3O3/c23-18-8-4-7-17(13-18)21-25-26-22(29-21)24-20(28)16-11-9-15(10-12-16)19(27)14-5-2-1-3-6-14/h1-13H,(H,24,26,28). The Hall–Kier alpha value is -4.13. The predicted octanol–water partition coefficient (Wildman–Crippen LogP) is 4.36. The molecule has 4 aromatic rings. The van der Waals surface area contributed by atoms with Crippen molar-refractivity contribution in [3.8, 4) is 11.5 Å². The fraction of sp³-hybridized carbons (Fsp3) is 0. The summed E-state index contributed by atoms with van der Waals surface area (Å²) in [6, 6.07) is 20.7. The number of amides is 1. The van der Waals surface area contributed by atoms with E-state index < -0.39 is 11.7 Å². The molecule has 1 N–H and O–H groups in total. The van der Waals surface area contributed by atoms with Crippen LogP contribution in [-0.2, 0) is 0 Å². The van der Waals surface area contributed by atoms with Crippen LogP contribution in [-0.4, -0.2) is 21.9 Å². The normalized spacial score (nSPS) is 10.5. The lowest BCUT2D eigenvalue weighted by Gasteiger charge is -2.04. The van der Waals surface area contributed by atoms with Gasteiger partial charge in [-0.25, -0.2) is 4.39 Å². The molecule has 1 heterocycles. The van der Waals surface area contributed by atoms with Crippen molar-refractivity contribution in [3.05, 3.63) is 101 Å². The van der Waals surface area contributed by atoms with Gasteiger partial charge in [0.05, 0.1) is 0 Å². The minimum Gasteiger partial charge on any atom is -0.403 e. The highest BCUT2D eigenvalue weighted by Crippen LogP contribution is 2.21. The molecular formula is C22H14FN3O3. The minimum absolute atomic E-state index is 0.0867. The molecule has 142 valence electrons. The van der Waals surface area contributed by atoms with Crippen molar-refractivity contribution in [2.24, 2.45) is 0 Å². The van der Waals surface area contributed by atoms with E-state index in [9.17, 15) is 14.0 Å². The van der Waals surface area contributed by atoms with Gasteiger partial charge in [-0.2, -0.15) is 0 Å². The van der Waals surface area contributed by atoms with Crippen molar-refractivity contribution in [2.45, 2.75) is 0 Å². The number of benzene rings is 3. The van der Waals surface area contributed by atoms with Gasteiger partial charge in [0.1, 0.15) is 5.82 Å². The van der Waals surface area contributed by atoms with Crippen LogP contribution in [0.2, 0.25) is 0 Å². The smallest absolute Gasteiger partial charge is 0.322 e. The molecule has 0 saturated carbocycles. The van der Waals surface area contributed by atoms with Gasteiger partial charge >= 0.3 is 6.01 Å². The van der Waals surface area contributed by atoms with Crippen molar-refractivity contribution in [2.75, 3.05) is 5.32 Å². The molecule has 7 heteroatoms. The zero-order valence-electron chi connectivity index (χ0n) is 15.0. The fourth-order valence-electron chi connectivity index (χ4n) is 2.71. The third-order valence-electron chi connectivity index (χ3n) is 4.16. The maximum Gasteiger partial charge on any atom is 0.322 e. The Labute approximate surface area is 165 Å². The van der Waals surface area contributed by atoms with Crippen LogP contribution < -0.4 is 5.32 Å². The maximum atomic E-state index is 13.3. The molecule has 0 radical (unpaired) electrons. The van der Waals surface area contributed by atoms with Crippen LogP contribution in [0.1, 0.15) is 26.3 Å². The first-order chi connectivity index (χ1) is 14.1. The summed E-state index contributed by atoms with van der Waals surface area (Å²) >= 11 is 0. The summed E-state index contributed by atoms with van der Waals surface area (Å²) in [6.07, 6.45) is 0. The Bertz CT molecular complexity index is 1170. The number of nitrogens with zero attached hydrogens (tertiary/aromatic N) is 2. The van der Waals surface area contributed by atoms with E-state index >= 15 is 0 Å². The monoisotopic (exact) mass is 387 g/mol. The first kappa shape index (κ1) is 18.2. The topological polar surface area (TPSA) is 85.1 Å². The van der Waals surface area contributed by atoms with E-state index in [4.69, 9.17) is 4.42 Å². The molecular weight excluding hydrogens is 373 g/mol. The molecule has 0 atom stereocenters. The van der Waals surface area contributed by atoms with E-state index in [1.807, 2.05) is 6.07 Å².